The topological polar surface area (TPSA) is 15.3 Å². The van der Waals surface area contributed by atoms with Gasteiger partial charge < -0.3 is 10.2 Å². The van der Waals surface area contributed by atoms with Gasteiger partial charge in [0.15, 0.2) is 0 Å². The highest BCUT2D eigenvalue weighted by Gasteiger charge is 2.41. The van der Waals surface area contributed by atoms with Crippen LogP contribution in [-0.2, 0) is 5.41 Å². The number of allylic oxidation sites excluding steroid dienone is 2. The monoisotopic (exact) mass is 336 g/mol. The number of rotatable bonds is 2. The predicted octanol–water partition coefficient (Wildman–Crippen LogP) is 4.83. The largest absolute Gasteiger partial charge is 0.384 e. The van der Waals surface area contributed by atoms with E-state index in [0.29, 0.717) is 5.41 Å². The summed E-state index contributed by atoms with van der Waals surface area (Å²) in [5.41, 5.74) is 3.39. The lowest BCUT2D eigenvalue weighted by Gasteiger charge is -2.40. The van der Waals surface area contributed by atoms with Gasteiger partial charge in [0, 0.05) is 24.2 Å². The maximum absolute atomic E-state index is 3.66. The van der Waals surface area contributed by atoms with Crippen LogP contribution in [0, 0.1) is 17.8 Å². The van der Waals surface area contributed by atoms with Gasteiger partial charge in [0.05, 0.1) is 0 Å². The number of nitrogens with one attached hydrogen (secondary N) is 1. The number of anilines is 1. The molecule has 2 heteroatoms. The van der Waals surface area contributed by atoms with Crippen LogP contribution in [0.1, 0.15) is 50.5 Å². The Bertz CT molecular complexity index is 641. The number of likely N-dealkylation sites (tertiary alicyclic amines) is 1. The Morgan fingerprint density at radius 3 is 2.88 bits per heavy atom. The third kappa shape index (κ3) is 3.03. The van der Waals surface area contributed by atoms with Crippen LogP contribution in [0.4, 0.5) is 5.69 Å². The maximum Gasteiger partial charge on any atom is 0.0379 e. The van der Waals surface area contributed by atoms with Gasteiger partial charge in [-0.2, -0.15) is 0 Å². The zero-order valence-corrected chi connectivity index (χ0v) is 15.4. The molecule has 4 aliphatic rings. The van der Waals surface area contributed by atoms with Gasteiger partial charge in [-0.05, 0) is 87.4 Å². The fraction of sp³-hybridized carbons (Fsp3) is 0.652. The molecule has 2 aliphatic heterocycles. The highest BCUT2D eigenvalue weighted by atomic mass is 15.1. The van der Waals surface area contributed by atoms with E-state index < -0.39 is 0 Å². The summed E-state index contributed by atoms with van der Waals surface area (Å²) in [6, 6.07) is 9.00. The molecule has 3 unspecified atom stereocenters. The van der Waals surface area contributed by atoms with Gasteiger partial charge in [0.2, 0.25) is 0 Å². The van der Waals surface area contributed by atoms with Crippen LogP contribution in [-0.4, -0.2) is 31.1 Å². The Kier molecular flexibility index (Phi) is 4.12. The van der Waals surface area contributed by atoms with Crippen LogP contribution in [0.15, 0.2) is 36.4 Å². The molecule has 3 atom stereocenters. The lowest BCUT2D eigenvalue weighted by molar-refractivity contribution is 0.140. The van der Waals surface area contributed by atoms with Crippen molar-refractivity contribution in [2.24, 2.45) is 17.8 Å². The Hall–Kier alpha value is -1.28. The zero-order valence-electron chi connectivity index (χ0n) is 15.4. The van der Waals surface area contributed by atoms with E-state index >= 15 is 0 Å². The standard InChI is InChI=1S/C23H32N2/c1-2-7-22-21(6-1)23(17-24-22)10-12-25(13-11-23)16-20-9-8-18-4-3-5-19(14-18)15-20/h1-3,5-7,18-20,24H,4,8-17H2. The summed E-state index contributed by atoms with van der Waals surface area (Å²) < 4.78 is 0. The van der Waals surface area contributed by atoms with Crippen molar-refractivity contribution in [1.29, 1.82) is 0 Å². The lowest BCUT2D eigenvalue weighted by atomic mass is 9.74. The molecule has 2 nitrogen and oxygen atoms in total. The number of para-hydroxylation sites is 1. The van der Waals surface area contributed by atoms with Gasteiger partial charge in [-0.1, -0.05) is 30.4 Å². The quantitative estimate of drug-likeness (QED) is 0.778. The molecule has 1 aromatic carbocycles. The smallest absolute Gasteiger partial charge is 0.0379 e. The van der Waals surface area contributed by atoms with Crippen molar-refractivity contribution in [3.05, 3.63) is 42.0 Å². The number of hydrogen-bond donors (Lipinski definition) is 1. The minimum atomic E-state index is 0.413. The van der Waals surface area contributed by atoms with Gasteiger partial charge in [-0.15, -0.1) is 0 Å². The molecule has 2 heterocycles. The molecular weight excluding hydrogens is 304 g/mol. The van der Waals surface area contributed by atoms with Gasteiger partial charge in [0.25, 0.3) is 0 Å². The Balaban J connectivity index is 1.21. The van der Waals surface area contributed by atoms with Gasteiger partial charge >= 0.3 is 0 Å². The van der Waals surface area contributed by atoms with Crippen molar-refractivity contribution in [2.75, 3.05) is 31.5 Å². The Labute approximate surface area is 152 Å². The number of piperidine rings is 1. The first kappa shape index (κ1) is 15.9. The molecule has 25 heavy (non-hydrogen) atoms. The second kappa shape index (κ2) is 6.46. The molecule has 0 radical (unpaired) electrons. The third-order valence-electron chi connectivity index (χ3n) is 7.58. The summed E-state index contributed by atoms with van der Waals surface area (Å²) in [7, 11) is 0. The molecule has 2 fully saturated rings. The van der Waals surface area contributed by atoms with Crippen molar-refractivity contribution in [1.82, 2.24) is 4.90 Å². The Morgan fingerprint density at radius 1 is 1.08 bits per heavy atom. The average Bonchev–Trinajstić information content (AvgIpc) is 2.94. The van der Waals surface area contributed by atoms with E-state index in [1.165, 1.54) is 70.3 Å². The highest BCUT2D eigenvalue weighted by Crippen LogP contribution is 2.44. The predicted molar refractivity (Wildman–Crippen MR) is 105 cm³/mol. The second-order valence-electron chi connectivity index (χ2n) is 9.18. The van der Waals surface area contributed by atoms with E-state index in [2.05, 4.69) is 46.6 Å². The fourth-order valence-corrected chi connectivity index (χ4v) is 6.09. The summed E-state index contributed by atoms with van der Waals surface area (Å²) in [6.45, 7) is 5.08. The molecule has 2 aliphatic carbocycles. The van der Waals surface area contributed by atoms with E-state index in [1.54, 1.807) is 5.56 Å². The van der Waals surface area contributed by atoms with Crippen molar-refractivity contribution in [3.63, 3.8) is 0 Å². The van der Waals surface area contributed by atoms with Gasteiger partial charge in [-0.25, -0.2) is 0 Å². The van der Waals surface area contributed by atoms with E-state index in [-0.39, 0.29) is 0 Å². The second-order valence-corrected chi connectivity index (χ2v) is 9.18. The lowest BCUT2D eigenvalue weighted by Crippen LogP contribution is -2.45. The summed E-state index contributed by atoms with van der Waals surface area (Å²) >= 11 is 0. The van der Waals surface area contributed by atoms with E-state index in [1.807, 2.05) is 0 Å². The molecule has 0 amide bonds. The molecule has 0 aromatic heterocycles. The van der Waals surface area contributed by atoms with Crippen LogP contribution >= 0.6 is 0 Å². The first-order chi connectivity index (χ1) is 12.3. The molecule has 1 spiro atoms. The molecule has 1 saturated heterocycles. The SMILES string of the molecule is C1=CC2CC(C1)CCC(CN1CCC3(CC1)CNc1ccccc13)C2. The van der Waals surface area contributed by atoms with Crippen molar-refractivity contribution < 1.29 is 0 Å². The summed E-state index contributed by atoms with van der Waals surface area (Å²) in [4.78, 5) is 2.79. The van der Waals surface area contributed by atoms with Crippen molar-refractivity contribution in [3.8, 4) is 0 Å². The minimum absolute atomic E-state index is 0.413. The molecule has 134 valence electrons. The van der Waals surface area contributed by atoms with E-state index in [0.717, 1.165) is 24.3 Å². The number of hydrogen-bond acceptors (Lipinski definition) is 2. The van der Waals surface area contributed by atoms with Crippen LogP contribution in [0.3, 0.4) is 0 Å². The first-order valence-corrected chi connectivity index (χ1v) is 10.5. The van der Waals surface area contributed by atoms with Gasteiger partial charge in [-0.3, -0.25) is 0 Å². The minimum Gasteiger partial charge on any atom is -0.384 e. The zero-order chi connectivity index (χ0) is 16.7. The molecule has 1 saturated carbocycles. The summed E-state index contributed by atoms with van der Waals surface area (Å²) in [6.07, 6.45) is 14.9. The summed E-state index contributed by atoms with van der Waals surface area (Å²) in [5.74, 6) is 2.81. The average molecular weight is 337 g/mol. The summed E-state index contributed by atoms with van der Waals surface area (Å²) in [5, 5.41) is 3.66. The van der Waals surface area contributed by atoms with Crippen molar-refractivity contribution in [2.45, 2.75) is 50.4 Å². The molecule has 5 rings (SSSR count). The van der Waals surface area contributed by atoms with E-state index in [4.69, 9.17) is 0 Å². The first-order valence-electron chi connectivity index (χ1n) is 10.5. The maximum atomic E-state index is 3.66. The number of nitrogens with zero attached hydrogens (tertiary/aromatic N) is 1. The molecule has 2 bridgehead atoms. The van der Waals surface area contributed by atoms with Crippen LogP contribution in [0.2, 0.25) is 0 Å². The van der Waals surface area contributed by atoms with Crippen LogP contribution in [0.25, 0.3) is 0 Å². The Morgan fingerprint density at radius 2 is 1.96 bits per heavy atom. The fourth-order valence-electron chi connectivity index (χ4n) is 6.09. The van der Waals surface area contributed by atoms with Crippen LogP contribution in [0.5, 0.6) is 0 Å². The number of fused-ring (bicyclic) bond motifs is 4. The number of benzene rings is 1. The molecular formula is C23H32N2. The molecule has 1 aromatic rings. The third-order valence-corrected chi connectivity index (χ3v) is 7.58. The van der Waals surface area contributed by atoms with Gasteiger partial charge in [0.1, 0.15) is 0 Å². The molecule has 1 N–H and O–H groups in total. The van der Waals surface area contributed by atoms with Crippen LogP contribution < -0.4 is 5.32 Å². The van der Waals surface area contributed by atoms with E-state index in [9.17, 15) is 0 Å². The van der Waals surface area contributed by atoms with Crippen molar-refractivity contribution >= 4 is 5.69 Å². The highest BCUT2D eigenvalue weighted by molar-refractivity contribution is 5.60. The normalized spacial score (nSPS) is 33.7.